The Morgan fingerprint density at radius 1 is 0.224 bits per heavy atom. The van der Waals surface area contributed by atoms with Gasteiger partial charge in [-0.1, -0.05) is 223 Å². The van der Waals surface area contributed by atoms with Crippen LogP contribution in [0.5, 0.6) is 17.2 Å². The van der Waals surface area contributed by atoms with Gasteiger partial charge in [0.15, 0.2) is 0 Å². The molecule has 330 valence electrons. The summed E-state index contributed by atoms with van der Waals surface area (Å²) in [4.78, 5) is 0. The van der Waals surface area contributed by atoms with Crippen molar-refractivity contribution in [2.75, 3.05) is 0 Å². The molecule has 0 saturated heterocycles. The molecule has 0 aliphatic carbocycles. The van der Waals surface area contributed by atoms with Crippen LogP contribution in [-0.4, -0.2) is 15.3 Å². The third-order valence-corrected chi connectivity index (χ3v) is 10.8. The van der Waals surface area contributed by atoms with Gasteiger partial charge < -0.3 is 15.3 Å². The fourth-order valence-corrected chi connectivity index (χ4v) is 6.63. The Balaban J connectivity index is 0.000000833. The molecule has 0 unspecified atom stereocenters. The van der Waals surface area contributed by atoms with Gasteiger partial charge in [-0.3, -0.25) is 0 Å². The van der Waals surface area contributed by atoms with Gasteiger partial charge >= 0.3 is 0 Å². The predicted molar refractivity (Wildman–Crippen MR) is 253 cm³/mol. The molecule has 3 rings (SSSR count). The van der Waals surface area contributed by atoms with Crippen LogP contribution >= 0.6 is 0 Å². The molecule has 3 aromatic carbocycles. The van der Waals surface area contributed by atoms with Gasteiger partial charge in [-0.15, -0.1) is 0 Å². The van der Waals surface area contributed by atoms with E-state index < -0.39 is 0 Å². The predicted octanol–water partition coefficient (Wildman–Crippen LogP) is 15.9. The van der Waals surface area contributed by atoms with E-state index in [1.807, 2.05) is 0 Å². The summed E-state index contributed by atoms with van der Waals surface area (Å²) in [6.07, 6.45) is 0. The first-order valence-corrected chi connectivity index (χ1v) is 21.4. The molecule has 0 radical (unpaired) electrons. The van der Waals surface area contributed by atoms with Gasteiger partial charge in [0, 0.05) is 17.4 Å². The van der Waals surface area contributed by atoms with Gasteiger partial charge in [0.05, 0.1) is 0 Å². The molecule has 0 aliphatic heterocycles. The van der Waals surface area contributed by atoms with E-state index in [9.17, 15) is 15.3 Å². The van der Waals surface area contributed by atoms with Crippen LogP contribution in [-0.2, 0) is 66.1 Å². The summed E-state index contributed by atoms with van der Waals surface area (Å²) in [7, 11) is 0. The zero-order chi connectivity index (χ0) is 45.7. The van der Waals surface area contributed by atoms with E-state index in [1.165, 1.54) is 16.7 Å². The zero-order valence-electron chi connectivity index (χ0n) is 42.7. The molecule has 0 amide bonds. The van der Waals surface area contributed by atoms with Crippen molar-refractivity contribution < 1.29 is 32.7 Å². The molecular formula is C54H90CrO3. The molecule has 4 heteroatoms. The molecule has 0 heterocycles. The molecule has 0 atom stereocenters. The number of phenolic OH excluding ortho intramolecular Hbond substituents is 3. The Morgan fingerprint density at radius 3 is 0.397 bits per heavy atom. The molecule has 58 heavy (non-hydrogen) atoms. The number of hydrogen-bond acceptors (Lipinski definition) is 3. The first kappa shape index (κ1) is 55.6. The van der Waals surface area contributed by atoms with Crippen LogP contribution < -0.4 is 0 Å². The molecular weight excluding hydrogens is 749 g/mol. The fraction of sp³-hybridized carbons (Fsp3) is 0.667. The number of aromatic hydroxyl groups is 3. The van der Waals surface area contributed by atoms with E-state index in [4.69, 9.17) is 0 Å². The van der Waals surface area contributed by atoms with Crippen molar-refractivity contribution in [1.82, 2.24) is 0 Å². The first-order chi connectivity index (χ1) is 24.7. The standard InChI is InChI=1S/3C18H30O.Cr/c3*1-16(2,3)12-10-13(17(4,5)6)15(19)14(11-12)18(7,8)9;/h3*10-11,19H,1-9H3;. The second-order valence-corrected chi connectivity index (χ2v) is 26.0. The van der Waals surface area contributed by atoms with E-state index in [0.29, 0.717) is 17.2 Å². The van der Waals surface area contributed by atoms with Crippen LogP contribution in [0.1, 0.15) is 237 Å². The minimum atomic E-state index is -0.0503. The van der Waals surface area contributed by atoms with Gasteiger partial charge in [-0.05, 0) is 98.8 Å². The number of rotatable bonds is 0. The van der Waals surface area contributed by atoms with Crippen molar-refractivity contribution >= 4 is 0 Å². The normalized spacial score (nSPS) is 13.5. The van der Waals surface area contributed by atoms with Crippen molar-refractivity contribution in [3.63, 3.8) is 0 Å². The molecule has 0 saturated carbocycles. The second kappa shape index (κ2) is 17.9. The topological polar surface area (TPSA) is 60.7 Å². The molecule has 3 nitrogen and oxygen atoms in total. The average molecular weight is 839 g/mol. The minimum absolute atomic E-state index is 0. The summed E-state index contributed by atoms with van der Waals surface area (Å²) in [5, 5.41) is 32.0. The first-order valence-electron chi connectivity index (χ1n) is 21.4. The smallest absolute Gasteiger partial charge is 0.123 e. The molecule has 0 fully saturated rings. The monoisotopic (exact) mass is 839 g/mol. The van der Waals surface area contributed by atoms with E-state index in [1.54, 1.807) is 0 Å². The zero-order valence-corrected chi connectivity index (χ0v) is 44.0. The summed E-state index contributed by atoms with van der Waals surface area (Å²) in [6, 6.07) is 13.0. The third-order valence-electron chi connectivity index (χ3n) is 10.8. The Morgan fingerprint density at radius 2 is 0.328 bits per heavy atom. The molecule has 3 aromatic rings. The number of benzene rings is 3. The Hall–Kier alpha value is -2.41. The number of hydrogen-bond donors (Lipinski definition) is 3. The summed E-state index contributed by atoms with van der Waals surface area (Å²) in [5.41, 5.74) is 10.1. The SMILES string of the molecule is CC(C)(C)c1cc(C(C)(C)C)c(O)c(C(C)(C)C)c1.CC(C)(C)c1cc(C(C)(C)C)c(O)c(C(C)(C)C)c1.CC(C)(C)c1cc(C(C)(C)C)c(O)c(C(C)(C)C)c1.[Cr]. The van der Waals surface area contributed by atoms with E-state index >= 15 is 0 Å². The molecule has 0 aliphatic rings. The van der Waals surface area contributed by atoms with Crippen molar-refractivity contribution in [2.24, 2.45) is 0 Å². The van der Waals surface area contributed by atoms with Crippen LogP contribution in [0.2, 0.25) is 0 Å². The van der Waals surface area contributed by atoms with Crippen LogP contribution in [0, 0.1) is 0 Å². The van der Waals surface area contributed by atoms with Gasteiger partial charge in [-0.25, -0.2) is 0 Å². The molecule has 0 spiro atoms. The molecule has 3 N–H and O–H groups in total. The molecule has 0 aromatic heterocycles. The Labute approximate surface area is 370 Å². The van der Waals surface area contributed by atoms with Crippen molar-refractivity contribution in [1.29, 1.82) is 0 Å². The van der Waals surface area contributed by atoms with Crippen molar-refractivity contribution in [2.45, 2.75) is 236 Å². The summed E-state index contributed by atoms with van der Waals surface area (Å²) < 4.78 is 0. The maximum absolute atomic E-state index is 10.7. The van der Waals surface area contributed by atoms with Crippen LogP contribution in [0.15, 0.2) is 36.4 Å². The van der Waals surface area contributed by atoms with Gasteiger partial charge in [-0.2, -0.15) is 0 Å². The third kappa shape index (κ3) is 14.9. The van der Waals surface area contributed by atoms with Gasteiger partial charge in [0.2, 0.25) is 0 Å². The average Bonchev–Trinajstić information content (AvgIpc) is 2.92. The largest absolute Gasteiger partial charge is 0.507 e. The van der Waals surface area contributed by atoms with E-state index in [0.717, 1.165) is 33.4 Å². The minimum Gasteiger partial charge on any atom is -0.507 e. The van der Waals surface area contributed by atoms with Crippen LogP contribution in [0.25, 0.3) is 0 Å². The van der Waals surface area contributed by atoms with Crippen LogP contribution in [0.4, 0.5) is 0 Å². The fourth-order valence-electron chi connectivity index (χ4n) is 6.63. The van der Waals surface area contributed by atoms with Crippen LogP contribution in [0.3, 0.4) is 0 Å². The van der Waals surface area contributed by atoms with E-state index in [-0.39, 0.29) is 66.1 Å². The quantitative estimate of drug-likeness (QED) is 0.211. The Bertz CT molecular complexity index is 1510. The van der Waals surface area contributed by atoms with Gasteiger partial charge in [0.25, 0.3) is 0 Å². The van der Waals surface area contributed by atoms with Crippen molar-refractivity contribution in [3.05, 3.63) is 86.5 Å². The summed E-state index contributed by atoms with van der Waals surface area (Å²) in [5.74, 6) is 1.40. The maximum atomic E-state index is 10.7. The summed E-state index contributed by atoms with van der Waals surface area (Å²) >= 11 is 0. The van der Waals surface area contributed by atoms with Crippen molar-refractivity contribution in [3.8, 4) is 17.2 Å². The van der Waals surface area contributed by atoms with Gasteiger partial charge in [0.1, 0.15) is 17.2 Å². The summed E-state index contributed by atoms with van der Waals surface area (Å²) in [6.45, 7) is 58.8. The maximum Gasteiger partial charge on any atom is 0.123 e. The molecule has 0 bridgehead atoms. The second-order valence-electron chi connectivity index (χ2n) is 26.0. The Kier molecular flexibility index (Phi) is 17.2. The van der Waals surface area contributed by atoms with E-state index in [2.05, 4.69) is 223 Å². The number of phenols is 3.